The number of hydrogen-bond donors (Lipinski definition) is 1. The Morgan fingerprint density at radius 2 is 1.96 bits per heavy atom. The molecule has 0 atom stereocenters. The van der Waals surface area contributed by atoms with Crippen LogP contribution in [-0.4, -0.2) is 32.9 Å². The van der Waals surface area contributed by atoms with Gasteiger partial charge in [0.25, 0.3) is 5.91 Å². The summed E-state index contributed by atoms with van der Waals surface area (Å²) in [5.74, 6) is -1.28. The Hall–Kier alpha value is -1.61. The van der Waals surface area contributed by atoms with E-state index in [1.807, 2.05) is 6.26 Å². The number of nitrogens with zero attached hydrogens (tertiary/aromatic N) is 3. The Kier molecular flexibility index (Phi) is 6.22. The number of aryl methyl sites for hydroxylation is 1. The molecule has 2 aromatic rings. The molecule has 5 nitrogen and oxygen atoms in total. The maximum Gasteiger partial charge on any atom is 0.252 e. The van der Waals surface area contributed by atoms with Crippen LogP contribution in [0.3, 0.4) is 0 Å². The highest BCUT2D eigenvalue weighted by molar-refractivity contribution is 8.76. The fourth-order valence-corrected chi connectivity index (χ4v) is 3.17. The van der Waals surface area contributed by atoms with Gasteiger partial charge in [0, 0.05) is 17.4 Å². The predicted molar refractivity (Wildman–Crippen MR) is 92.8 cm³/mol. The molecular weight excluding hydrogens is 354 g/mol. The van der Waals surface area contributed by atoms with Gasteiger partial charge in [0.05, 0.1) is 18.3 Å². The second-order valence-electron chi connectivity index (χ2n) is 5.59. The zero-order chi connectivity index (χ0) is 17.7. The third-order valence-corrected chi connectivity index (χ3v) is 5.04. The maximum atomic E-state index is 13.2. The van der Waals surface area contributed by atoms with Crippen LogP contribution in [0.4, 0.5) is 8.78 Å². The molecule has 1 heterocycles. The SMILES string of the molecule is CSSCCn1cc(C(C)(C)NC(=O)c2cc(F)cc(F)c2)nn1. The van der Waals surface area contributed by atoms with Crippen LogP contribution in [0, 0.1) is 11.6 Å². The maximum absolute atomic E-state index is 13.2. The molecule has 130 valence electrons. The summed E-state index contributed by atoms with van der Waals surface area (Å²) in [6, 6.07) is 2.70. The van der Waals surface area contributed by atoms with E-state index in [0.717, 1.165) is 24.0 Å². The van der Waals surface area contributed by atoms with Gasteiger partial charge < -0.3 is 5.32 Å². The monoisotopic (exact) mass is 372 g/mol. The van der Waals surface area contributed by atoms with Gasteiger partial charge in [-0.15, -0.1) is 5.10 Å². The van der Waals surface area contributed by atoms with Gasteiger partial charge in [-0.2, -0.15) is 0 Å². The Morgan fingerprint density at radius 1 is 1.29 bits per heavy atom. The van der Waals surface area contributed by atoms with Gasteiger partial charge in [0.2, 0.25) is 0 Å². The van der Waals surface area contributed by atoms with Gasteiger partial charge in [-0.3, -0.25) is 9.48 Å². The largest absolute Gasteiger partial charge is 0.341 e. The topological polar surface area (TPSA) is 59.8 Å². The molecule has 0 spiro atoms. The Balaban J connectivity index is 2.08. The van der Waals surface area contributed by atoms with Crippen molar-refractivity contribution in [1.82, 2.24) is 20.3 Å². The van der Waals surface area contributed by atoms with Crippen LogP contribution in [0.5, 0.6) is 0 Å². The van der Waals surface area contributed by atoms with Crippen LogP contribution in [0.2, 0.25) is 0 Å². The first-order valence-corrected chi connectivity index (χ1v) is 9.89. The van der Waals surface area contributed by atoms with Crippen molar-refractivity contribution in [1.29, 1.82) is 0 Å². The number of hydrogen-bond acceptors (Lipinski definition) is 5. The zero-order valence-corrected chi connectivity index (χ0v) is 15.2. The van der Waals surface area contributed by atoms with Gasteiger partial charge in [-0.05, 0) is 32.2 Å². The number of aromatic nitrogens is 3. The van der Waals surface area contributed by atoms with Crippen molar-refractivity contribution < 1.29 is 13.6 Å². The van der Waals surface area contributed by atoms with Gasteiger partial charge in [-0.1, -0.05) is 26.8 Å². The molecular formula is C15H18F2N4OS2. The molecule has 1 aromatic heterocycles. The van der Waals surface area contributed by atoms with Crippen molar-refractivity contribution in [3.8, 4) is 0 Å². The van der Waals surface area contributed by atoms with Gasteiger partial charge in [0.15, 0.2) is 0 Å². The van der Waals surface area contributed by atoms with E-state index in [1.165, 1.54) is 0 Å². The summed E-state index contributed by atoms with van der Waals surface area (Å²) >= 11 is 0. The van der Waals surface area contributed by atoms with Crippen LogP contribution in [-0.2, 0) is 12.1 Å². The first kappa shape index (κ1) is 18.7. The Bertz CT molecular complexity index is 701. The number of benzene rings is 1. The third kappa shape index (κ3) is 4.94. The van der Waals surface area contributed by atoms with Crippen molar-refractivity contribution in [2.45, 2.75) is 25.9 Å². The van der Waals surface area contributed by atoms with Crippen LogP contribution >= 0.6 is 21.6 Å². The summed E-state index contributed by atoms with van der Waals surface area (Å²) in [6.07, 6.45) is 3.76. The van der Waals surface area contributed by atoms with Crippen LogP contribution < -0.4 is 5.32 Å². The summed E-state index contributed by atoms with van der Waals surface area (Å²) in [5.41, 5.74) is -0.337. The number of rotatable bonds is 7. The minimum atomic E-state index is -0.829. The molecule has 1 N–H and O–H groups in total. The van der Waals surface area contributed by atoms with E-state index < -0.39 is 23.1 Å². The van der Waals surface area contributed by atoms with Crippen molar-refractivity contribution in [2.24, 2.45) is 0 Å². The third-order valence-electron chi connectivity index (χ3n) is 3.25. The number of amides is 1. The van der Waals surface area contributed by atoms with Crippen LogP contribution in [0.15, 0.2) is 24.4 Å². The van der Waals surface area contributed by atoms with E-state index >= 15 is 0 Å². The predicted octanol–water partition coefficient (Wildman–Crippen LogP) is 3.23. The summed E-state index contributed by atoms with van der Waals surface area (Å²) in [5, 5.41) is 10.8. The summed E-state index contributed by atoms with van der Waals surface area (Å²) in [4.78, 5) is 12.3. The summed E-state index contributed by atoms with van der Waals surface area (Å²) in [7, 11) is 3.40. The lowest BCUT2D eigenvalue weighted by atomic mass is 10.0. The molecule has 0 aliphatic carbocycles. The fourth-order valence-electron chi connectivity index (χ4n) is 2.01. The van der Waals surface area contributed by atoms with Crippen LogP contribution in [0.1, 0.15) is 29.9 Å². The molecule has 0 saturated carbocycles. The molecule has 0 aliphatic rings. The highest BCUT2D eigenvalue weighted by Crippen LogP contribution is 2.20. The minimum Gasteiger partial charge on any atom is -0.341 e. The van der Waals surface area contributed by atoms with E-state index in [4.69, 9.17) is 0 Å². The Labute approximate surface area is 147 Å². The first-order valence-electron chi connectivity index (χ1n) is 7.16. The van der Waals surface area contributed by atoms with E-state index in [0.29, 0.717) is 12.2 Å². The number of nitrogens with one attached hydrogen (secondary N) is 1. The molecule has 9 heteroatoms. The van der Waals surface area contributed by atoms with Crippen molar-refractivity contribution >= 4 is 27.5 Å². The standard InChI is InChI=1S/C15H18F2N4OS2/c1-15(2,13-9-21(20-19-13)4-5-24-23-3)18-14(22)10-6-11(16)8-12(17)7-10/h6-9H,4-5H2,1-3H3,(H,18,22). The Morgan fingerprint density at radius 3 is 2.58 bits per heavy atom. The van der Waals surface area contributed by atoms with Crippen molar-refractivity contribution in [3.63, 3.8) is 0 Å². The smallest absolute Gasteiger partial charge is 0.252 e. The number of carbonyl (C=O) groups is 1. The molecule has 1 amide bonds. The molecule has 0 fully saturated rings. The van der Waals surface area contributed by atoms with Crippen molar-refractivity contribution in [3.05, 3.63) is 47.3 Å². The molecule has 0 aliphatic heterocycles. The molecule has 0 bridgehead atoms. The number of halogens is 2. The lowest BCUT2D eigenvalue weighted by Gasteiger charge is -2.23. The lowest BCUT2D eigenvalue weighted by molar-refractivity contribution is 0.0909. The summed E-state index contributed by atoms with van der Waals surface area (Å²) < 4.78 is 28.2. The van der Waals surface area contributed by atoms with E-state index in [-0.39, 0.29) is 5.56 Å². The molecule has 1 aromatic carbocycles. The molecule has 0 radical (unpaired) electrons. The molecule has 24 heavy (non-hydrogen) atoms. The van der Waals surface area contributed by atoms with Crippen LogP contribution in [0.25, 0.3) is 0 Å². The number of carbonyl (C=O) groups excluding carboxylic acids is 1. The fraction of sp³-hybridized carbons (Fsp3) is 0.400. The molecule has 0 unspecified atom stereocenters. The second-order valence-corrected chi connectivity index (χ2v) is 8.28. The van der Waals surface area contributed by atoms with Crippen molar-refractivity contribution in [2.75, 3.05) is 12.0 Å². The normalized spacial score (nSPS) is 11.5. The first-order chi connectivity index (χ1) is 11.3. The average Bonchev–Trinajstić information content (AvgIpc) is 2.96. The molecule has 0 saturated heterocycles. The quantitative estimate of drug-likeness (QED) is 0.597. The highest BCUT2D eigenvalue weighted by atomic mass is 33.1. The van der Waals surface area contributed by atoms with Gasteiger partial charge in [-0.25, -0.2) is 8.78 Å². The zero-order valence-electron chi connectivity index (χ0n) is 13.5. The second kappa shape index (κ2) is 7.98. The van der Waals surface area contributed by atoms with E-state index in [2.05, 4.69) is 15.6 Å². The van der Waals surface area contributed by atoms with Gasteiger partial charge >= 0.3 is 0 Å². The summed E-state index contributed by atoms with van der Waals surface area (Å²) in [6.45, 7) is 4.22. The lowest BCUT2D eigenvalue weighted by Crippen LogP contribution is -2.41. The highest BCUT2D eigenvalue weighted by Gasteiger charge is 2.27. The van der Waals surface area contributed by atoms with Gasteiger partial charge in [0.1, 0.15) is 17.3 Å². The minimum absolute atomic E-state index is 0.0793. The average molecular weight is 372 g/mol. The van der Waals surface area contributed by atoms with E-state index in [1.54, 1.807) is 46.3 Å². The molecule has 2 rings (SSSR count). The van der Waals surface area contributed by atoms with E-state index in [9.17, 15) is 13.6 Å².